The van der Waals surface area contributed by atoms with E-state index in [1.165, 1.54) is 25.7 Å². The van der Waals surface area contributed by atoms with E-state index in [4.69, 9.17) is 28.4 Å². The lowest BCUT2D eigenvalue weighted by Crippen LogP contribution is -2.61. The van der Waals surface area contributed by atoms with Gasteiger partial charge in [-0.2, -0.15) is 0 Å². The molecule has 2 saturated heterocycles. The van der Waals surface area contributed by atoms with Gasteiger partial charge in [-0.05, 0) is 83.5 Å². The number of hydrogen-bond acceptors (Lipinski definition) is 15. The largest absolute Gasteiger partial charge is 0.462 e. The van der Waals surface area contributed by atoms with Crippen LogP contribution in [-0.4, -0.2) is 142 Å². The summed E-state index contributed by atoms with van der Waals surface area (Å²) in [5.41, 5.74) is 0. The third kappa shape index (κ3) is 28.5. The van der Waals surface area contributed by atoms with Crippen molar-refractivity contribution in [3.05, 3.63) is 72.9 Å². The van der Waals surface area contributed by atoms with Crippen molar-refractivity contribution in [1.82, 2.24) is 0 Å². The smallest absolute Gasteiger partial charge is 0.306 e. The van der Waals surface area contributed by atoms with Crippen molar-refractivity contribution in [1.29, 1.82) is 0 Å². The fourth-order valence-electron chi connectivity index (χ4n) is 7.65. The van der Waals surface area contributed by atoms with Crippen LogP contribution in [0.25, 0.3) is 0 Å². The van der Waals surface area contributed by atoms with E-state index in [1.54, 1.807) is 0 Å². The summed E-state index contributed by atoms with van der Waals surface area (Å²) in [7, 11) is 0. The summed E-state index contributed by atoms with van der Waals surface area (Å²) in [6.07, 6.45) is 30.6. The standard InChI is InChI=1S/C54H90O15/c1-3-5-7-9-11-13-15-17-19-21-23-25-27-29-31-33-35-37-46(57)67-42(39-64-45(56)36-34-32-30-28-26-24-22-20-18-16-14-12-10-8-6-4-2)40-65-53-52(63)50(61)48(59)44(69-53)41-66-54-51(62)49(60)47(58)43(38-55)68-54/h5,7,11,13-14,16-17,19-20,22-23,25,42-44,47-55,58-63H,3-4,6,8-10,12,15,18,21,24,26-41H2,1-2H3/b7-5-,13-11-,16-14-,19-17-,22-20-,25-23-. The van der Waals surface area contributed by atoms with Gasteiger partial charge in [0.2, 0.25) is 0 Å². The fourth-order valence-corrected chi connectivity index (χ4v) is 7.65. The zero-order valence-corrected chi connectivity index (χ0v) is 41.8. The third-order valence-electron chi connectivity index (χ3n) is 11.9. The number of aliphatic hydroxyl groups excluding tert-OH is 7. The van der Waals surface area contributed by atoms with Crippen LogP contribution < -0.4 is 0 Å². The predicted molar refractivity (Wildman–Crippen MR) is 266 cm³/mol. The molecular weight excluding hydrogens is 889 g/mol. The summed E-state index contributed by atoms with van der Waals surface area (Å²) >= 11 is 0. The molecule has 2 heterocycles. The SMILES string of the molecule is CC/C=C\C/C=C\C/C=C\C/C=C\CCCCCCC(=O)OC(COC(=O)CCCCCCC/C=C\C/C=C\CCCCCC)COC1OC(COC2OC(CO)C(O)C(O)C2O)C(O)C(O)C1O. The maximum atomic E-state index is 13.0. The first-order chi connectivity index (χ1) is 33.5. The number of hydrogen-bond donors (Lipinski definition) is 7. The van der Waals surface area contributed by atoms with Gasteiger partial charge in [-0.15, -0.1) is 0 Å². The second kappa shape index (κ2) is 40.5. The molecule has 2 fully saturated rings. The highest BCUT2D eigenvalue weighted by atomic mass is 16.7. The molecule has 0 aromatic rings. The van der Waals surface area contributed by atoms with E-state index in [0.717, 1.165) is 96.3 Å². The van der Waals surface area contributed by atoms with Gasteiger partial charge >= 0.3 is 11.9 Å². The molecule has 0 amide bonds. The summed E-state index contributed by atoms with van der Waals surface area (Å²) in [6.45, 7) is 2.40. The van der Waals surface area contributed by atoms with Crippen LogP contribution in [0.5, 0.6) is 0 Å². The van der Waals surface area contributed by atoms with Crippen LogP contribution in [0.1, 0.15) is 162 Å². The molecule has 0 aromatic carbocycles. The van der Waals surface area contributed by atoms with Crippen molar-refractivity contribution in [2.75, 3.05) is 26.4 Å². The molecule has 15 heteroatoms. The summed E-state index contributed by atoms with van der Waals surface area (Å²) in [6, 6.07) is 0. The van der Waals surface area contributed by atoms with Crippen molar-refractivity contribution < 1.29 is 73.8 Å². The maximum absolute atomic E-state index is 13.0. The lowest BCUT2D eigenvalue weighted by molar-refractivity contribution is -0.332. The van der Waals surface area contributed by atoms with E-state index in [0.29, 0.717) is 12.8 Å². The summed E-state index contributed by atoms with van der Waals surface area (Å²) < 4.78 is 33.5. The van der Waals surface area contributed by atoms with Crippen molar-refractivity contribution >= 4 is 11.9 Å². The molecule has 11 atom stereocenters. The maximum Gasteiger partial charge on any atom is 0.306 e. The Bertz CT molecular complexity index is 1480. The first-order valence-electron chi connectivity index (χ1n) is 26.0. The van der Waals surface area contributed by atoms with Gasteiger partial charge in [0.25, 0.3) is 0 Å². The Labute approximate surface area is 412 Å². The van der Waals surface area contributed by atoms with E-state index in [2.05, 4.69) is 86.8 Å². The van der Waals surface area contributed by atoms with Crippen LogP contribution in [0.3, 0.4) is 0 Å². The second-order valence-electron chi connectivity index (χ2n) is 18.0. The summed E-state index contributed by atoms with van der Waals surface area (Å²) in [5, 5.41) is 72.1. The Balaban J connectivity index is 1.83. The zero-order valence-electron chi connectivity index (χ0n) is 41.8. The van der Waals surface area contributed by atoms with Crippen LogP contribution in [-0.2, 0) is 38.0 Å². The van der Waals surface area contributed by atoms with E-state index in [-0.39, 0.29) is 19.4 Å². The van der Waals surface area contributed by atoms with Gasteiger partial charge in [-0.25, -0.2) is 0 Å². The van der Waals surface area contributed by atoms with Gasteiger partial charge in [-0.1, -0.05) is 138 Å². The molecule has 0 aromatic heterocycles. The molecule has 0 aliphatic carbocycles. The zero-order chi connectivity index (χ0) is 50.3. The molecule has 2 aliphatic heterocycles. The molecule has 396 valence electrons. The molecule has 0 spiro atoms. The topological polar surface area (TPSA) is 231 Å². The highest BCUT2D eigenvalue weighted by Crippen LogP contribution is 2.26. The molecule has 0 radical (unpaired) electrons. The number of aliphatic hydroxyl groups is 7. The molecule has 7 N–H and O–H groups in total. The molecule has 11 unspecified atom stereocenters. The Kier molecular flexibility index (Phi) is 36.4. The number of carbonyl (C=O) groups is 2. The first kappa shape index (κ1) is 62.1. The Morgan fingerprint density at radius 1 is 0.478 bits per heavy atom. The fraction of sp³-hybridized carbons (Fsp3) is 0.741. The number of esters is 2. The van der Waals surface area contributed by atoms with Gasteiger partial charge in [0, 0.05) is 12.8 Å². The highest BCUT2D eigenvalue weighted by Gasteiger charge is 2.47. The van der Waals surface area contributed by atoms with E-state index in [9.17, 15) is 45.3 Å². The minimum Gasteiger partial charge on any atom is -0.462 e. The van der Waals surface area contributed by atoms with Gasteiger partial charge < -0.3 is 64.2 Å². The molecule has 2 aliphatic rings. The lowest BCUT2D eigenvalue weighted by atomic mass is 9.98. The highest BCUT2D eigenvalue weighted by molar-refractivity contribution is 5.70. The Morgan fingerprint density at radius 3 is 1.43 bits per heavy atom. The summed E-state index contributed by atoms with van der Waals surface area (Å²) in [5.74, 6) is -0.974. The van der Waals surface area contributed by atoms with Gasteiger partial charge in [0.1, 0.15) is 55.4 Å². The minimum atomic E-state index is -1.78. The van der Waals surface area contributed by atoms with Gasteiger partial charge in [0.15, 0.2) is 18.7 Å². The van der Waals surface area contributed by atoms with Gasteiger partial charge in [0.05, 0.1) is 19.8 Å². The lowest BCUT2D eigenvalue weighted by Gasteiger charge is -2.42. The second-order valence-corrected chi connectivity index (χ2v) is 18.0. The quantitative estimate of drug-likeness (QED) is 0.0180. The molecule has 69 heavy (non-hydrogen) atoms. The van der Waals surface area contributed by atoms with Crippen molar-refractivity contribution in [2.24, 2.45) is 0 Å². The monoisotopic (exact) mass is 979 g/mol. The van der Waals surface area contributed by atoms with Crippen molar-refractivity contribution in [2.45, 2.75) is 229 Å². The third-order valence-corrected chi connectivity index (χ3v) is 11.9. The van der Waals surface area contributed by atoms with E-state index >= 15 is 0 Å². The van der Waals surface area contributed by atoms with E-state index in [1.807, 2.05) is 0 Å². The predicted octanol–water partition coefficient (Wildman–Crippen LogP) is 7.43. The van der Waals surface area contributed by atoms with Crippen LogP contribution in [0.2, 0.25) is 0 Å². The van der Waals surface area contributed by atoms with E-state index < -0.39 is 99.3 Å². The van der Waals surface area contributed by atoms with Crippen molar-refractivity contribution in [3.8, 4) is 0 Å². The molecule has 15 nitrogen and oxygen atoms in total. The number of carbonyl (C=O) groups excluding carboxylic acids is 2. The Morgan fingerprint density at radius 2 is 0.913 bits per heavy atom. The normalized spacial score (nSPS) is 26.2. The van der Waals surface area contributed by atoms with Crippen molar-refractivity contribution in [3.63, 3.8) is 0 Å². The van der Waals surface area contributed by atoms with Crippen LogP contribution in [0.4, 0.5) is 0 Å². The number of unbranched alkanes of at least 4 members (excludes halogenated alkanes) is 13. The number of allylic oxidation sites excluding steroid dienone is 12. The summed E-state index contributed by atoms with van der Waals surface area (Å²) in [4.78, 5) is 25.8. The van der Waals surface area contributed by atoms with Gasteiger partial charge in [-0.3, -0.25) is 9.59 Å². The Hall–Kier alpha value is -3.06. The van der Waals surface area contributed by atoms with Crippen LogP contribution >= 0.6 is 0 Å². The number of rotatable bonds is 39. The molecule has 2 rings (SSSR count). The first-order valence-corrected chi connectivity index (χ1v) is 26.0. The molecular formula is C54H90O15. The molecule has 0 bridgehead atoms. The van der Waals surface area contributed by atoms with Crippen LogP contribution in [0.15, 0.2) is 72.9 Å². The average molecular weight is 979 g/mol. The molecule has 0 saturated carbocycles. The van der Waals surface area contributed by atoms with Crippen LogP contribution in [0, 0.1) is 0 Å². The minimum absolute atomic E-state index is 0.130. The number of ether oxygens (including phenoxy) is 6. The average Bonchev–Trinajstić information content (AvgIpc) is 3.34.